The minimum Gasteiger partial charge on any atom is -0.497 e. The molecule has 2 heterocycles. The third kappa shape index (κ3) is 5.10. The number of benzene rings is 1. The highest BCUT2D eigenvalue weighted by molar-refractivity contribution is 5.74. The molecule has 1 unspecified atom stereocenters. The van der Waals surface area contributed by atoms with Gasteiger partial charge in [0.05, 0.1) is 13.7 Å². The van der Waals surface area contributed by atoms with Gasteiger partial charge in [-0.3, -0.25) is 0 Å². The van der Waals surface area contributed by atoms with Gasteiger partial charge in [-0.05, 0) is 37.0 Å². The van der Waals surface area contributed by atoms with Crippen LogP contribution in [0, 0.1) is 11.3 Å². The third-order valence-corrected chi connectivity index (χ3v) is 4.56. The van der Waals surface area contributed by atoms with Crippen LogP contribution in [0.1, 0.15) is 24.1 Å². The molecule has 2 amide bonds. The van der Waals surface area contributed by atoms with Crippen molar-refractivity contribution >= 4 is 6.03 Å². The van der Waals surface area contributed by atoms with Gasteiger partial charge >= 0.3 is 6.03 Å². The molecule has 1 aliphatic rings. The Morgan fingerprint density at radius 3 is 2.86 bits per heavy atom. The van der Waals surface area contributed by atoms with Gasteiger partial charge in [-0.15, -0.1) is 0 Å². The lowest BCUT2D eigenvalue weighted by molar-refractivity contribution is 0.0973. The van der Waals surface area contributed by atoms with E-state index in [-0.39, 0.29) is 23.7 Å². The van der Waals surface area contributed by atoms with Crippen LogP contribution in [-0.4, -0.2) is 53.7 Å². The number of urea groups is 1. The van der Waals surface area contributed by atoms with E-state index in [4.69, 9.17) is 14.7 Å². The van der Waals surface area contributed by atoms with Crippen LogP contribution in [0.4, 0.5) is 4.79 Å². The molecule has 3 rings (SSSR count). The first-order valence-corrected chi connectivity index (χ1v) is 9.23. The number of hydrogen-bond acceptors (Lipinski definition) is 6. The van der Waals surface area contributed by atoms with Gasteiger partial charge in [-0.25, -0.2) is 14.8 Å². The summed E-state index contributed by atoms with van der Waals surface area (Å²) in [6, 6.07) is 9.66. The molecule has 0 bridgehead atoms. The summed E-state index contributed by atoms with van der Waals surface area (Å²) < 4.78 is 11.0. The van der Waals surface area contributed by atoms with Gasteiger partial charge in [0.25, 0.3) is 5.88 Å². The summed E-state index contributed by atoms with van der Waals surface area (Å²) in [6.07, 6.45) is 5.12. The van der Waals surface area contributed by atoms with Crippen molar-refractivity contribution in [3.63, 3.8) is 0 Å². The molecule has 0 aliphatic carbocycles. The van der Waals surface area contributed by atoms with Crippen molar-refractivity contribution in [2.24, 2.45) is 0 Å². The average molecular weight is 381 g/mol. The van der Waals surface area contributed by atoms with Crippen LogP contribution in [0.15, 0.2) is 36.7 Å². The Labute approximate surface area is 164 Å². The molecule has 1 saturated heterocycles. The number of rotatable bonds is 6. The van der Waals surface area contributed by atoms with Crippen LogP contribution in [0.3, 0.4) is 0 Å². The Bertz CT molecular complexity index is 834. The van der Waals surface area contributed by atoms with Crippen LogP contribution in [0.2, 0.25) is 0 Å². The van der Waals surface area contributed by atoms with Crippen LogP contribution < -0.4 is 14.8 Å². The van der Waals surface area contributed by atoms with Crippen LogP contribution >= 0.6 is 0 Å². The Kier molecular flexibility index (Phi) is 6.63. The number of amides is 2. The largest absolute Gasteiger partial charge is 0.497 e. The number of hydrogen-bond donors (Lipinski definition) is 1. The fourth-order valence-electron chi connectivity index (χ4n) is 3.08. The Balaban J connectivity index is 1.48. The molecule has 0 spiro atoms. The lowest BCUT2D eigenvalue weighted by atomic mass is 10.1. The van der Waals surface area contributed by atoms with E-state index in [1.807, 2.05) is 30.3 Å². The third-order valence-electron chi connectivity index (χ3n) is 4.56. The van der Waals surface area contributed by atoms with Crippen LogP contribution in [0.5, 0.6) is 11.6 Å². The maximum absolute atomic E-state index is 12.5. The highest BCUT2D eigenvalue weighted by Gasteiger charge is 2.25. The van der Waals surface area contributed by atoms with Gasteiger partial charge in [0.1, 0.15) is 17.9 Å². The minimum atomic E-state index is -0.204. The summed E-state index contributed by atoms with van der Waals surface area (Å²) in [7, 11) is 1.64. The summed E-state index contributed by atoms with van der Waals surface area (Å²) in [5.41, 5.74) is 1.29. The molecule has 1 fully saturated rings. The number of nitrogens with one attached hydrogen (secondary N) is 1. The number of nitrogens with zero attached hydrogens (tertiary/aromatic N) is 4. The maximum Gasteiger partial charge on any atom is 0.317 e. The molecule has 8 heteroatoms. The number of carbonyl (C=O) groups excluding carboxylic acids is 1. The molecule has 1 aromatic carbocycles. The number of carbonyl (C=O) groups is 1. The highest BCUT2D eigenvalue weighted by atomic mass is 16.5. The molecule has 146 valence electrons. The van der Waals surface area contributed by atoms with Gasteiger partial charge in [0.15, 0.2) is 0 Å². The van der Waals surface area contributed by atoms with Crippen molar-refractivity contribution in [3.8, 4) is 17.7 Å². The lowest BCUT2D eigenvalue weighted by Crippen LogP contribution is -2.49. The molecular weight excluding hydrogens is 358 g/mol. The zero-order valence-electron chi connectivity index (χ0n) is 15.8. The van der Waals surface area contributed by atoms with Crippen molar-refractivity contribution in [1.82, 2.24) is 20.2 Å². The Morgan fingerprint density at radius 2 is 2.11 bits per heavy atom. The second kappa shape index (κ2) is 9.55. The molecule has 8 nitrogen and oxygen atoms in total. The first-order chi connectivity index (χ1) is 13.7. The van der Waals surface area contributed by atoms with Crippen LogP contribution in [-0.2, 0) is 6.42 Å². The smallest absolute Gasteiger partial charge is 0.317 e. The zero-order chi connectivity index (χ0) is 19.8. The van der Waals surface area contributed by atoms with Crippen molar-refractivity contribution in [2.45, 2.75) is 25.4 Å². The molecule has 2 aromatic rings. The van der Waals surface area contributed by atoms with Gasteiger partial charge in [0.2, 0.25) is 5.69 Å². The van der Waals surface area contributed by atoms with Gasteiger partial charge in [-0.1, -0.05) is 12.1 Å². The van der Waals surface area contributed by atoms with E-state index in [0.29, 0.717) is 19.6 Å². The lowest BCUT2D eigenvalue weighted by Gasteiger charge is -2.32. The van der Waals surface area contributed by atoms with E-state index < -0.39 is 0 Å². The minimum absolute atomic E-state index is 0.110. The van der Waals surface area contributed by atoms with Crippen LogP contribution in [0.25, 0.3) is 0 Å². The van der Waals surface area contributed by atoms with E-state index in [1.54, 1.807) is 12.0 Å². The van der Waals surface area contributed by atoms with E-state index in [1.165, 1.54) is 12.4 Å². The number of likely N-dealkylation sites (tertiary alicyclic amines) is 1. The predicted octanol–water partition coefficient (Wildman–Crippen LogP) is 2.15. The second-order valence-electron chi connectivity index (χ2n) is 6.48. The SMILES string of the molecule is COc1ccc(CCNC(=O)N2CCCC(Oc3nccnc3C#N)C2)cc1. The number of methoxy groups -OCH3 is 1. The molecule has 1 aliphatic heterocycles. The second-order valence-corrected chi connectivity index (χ2v) is 6.48. The van der Waals surface area contributed by atoms with E-state index in [2.05, 4.69) is 15.3 Å². The Hall–Kier alpha value is -3.34. The topological polar surface area (TPSA) is 100 Å². The highest BCUT2D eigenvalue weighted by Crippen LogP contribution is 2.18. The molecule has 0 radical (unpaired) electrons. The molecule has 0 saturated carbocycles. The number of aromatic nitrogens is 2. The first-order valence-electron chi connectivity index (χ1n) is 9.23. The quantitative estimate of drug-likeness (QED) is 0.823. The van der Waals surface area contributed by atoms with Crippen molar-refractivity contribution in [2.75, 3.05) is 26.7 Å². The Morgan fingerprint density at radius 1 is 1.32 bits per heavy atom. The van der Waals surface area contributed by atoms with Gasteiger partial charge in [-0.2, -0.15) is 5.26 Å². The fourth-order valence-corrected chi connectivity index (χ4v) is 3.08. The molecule has 28 heavy (non-hydrogen) atoms. The summed E-state index contributed by atoms with van der Waals surface area (Å²) in [4.78, 5) is 22.2. The number of nitriles is 1. The molecule has 1 aromatic heterocycles. The molecule has 1 atom stereocenters. The van der Waals surface area contributed by atoms with Crippen molar-refractivity contribution in [1.29, 1.82) is 5.26 Å². The summed E-state index contributed by atoms with van der Waals surface area (Å²) in [6.45, 7) is 1.69. The first kappa shape index (κ1) is 19.4. The van der Waals surface area contributed by atoms with Crippen molar-refractivity contribution < 1.29 is 14.3 Å². The van der Waals surface area contributed by atoms with Gasteiger partial charge in [0, 0.05) is 25.5 Å². The van der Waals surface area contributed by atoms with E-state index in [9.17, 15) is 4.79 Å². The summed E-state index contributed by atoms with van der Waals surface area (Å²) in [5.74, 6) is 1.03. The summed E-state index contributed by atoms with van der Waals surface area (Å²) >= 11 is 0. The molecular formula is C20H23N5O3. The van der Waals surface area contributed by atoms with Crippen molar-refractivity contribution in [3.05, 3.63) is 47.9 Å². The number of ether oxygens (including phenoxy) is 2. The van der Waals surface area contributed by atoms with E-state index in [0.717, 1.165) is 30.6 Å². The summed E-state index contributed by atoms with van der Waals surface area (Å²) in [5, 5.41) is 12.1. The maximum atomic E-state index is 12.5. The zero-order valence-corrected chi connectivity index (χ0v) is 15.8. The van der Waals surface area contributed by atoms with Gasteiger partial charge < -0.3 is 19.7 Å². The molecule has 1 N–H and O–H groups in total. The van der Waals surface area contributed by atoms with E-state index >= 15 is 0 Å². The standard InChI is InChI=1S/C20H23N5O3/c1-27-16-6-4-15(5-7-16)8-9-24-20(26)25-12-2-3-17(14-25)28-19-18(13-21)22-10-11-23-19/h4-7,10-11,17H,2-3,8-9,12,14H2,1H3,(H,24,26). The predicted molar refractivity (Wildman–Crippen MR) is 102 cm³/mol. The average Bonchev–Trinajstić information content (AvgIpc) is 2.75. The monoisotopic (exact) mass is 381 g/mol. The normalized spacial score (nSPS) is 16.1. The number of piperidine rings is 1. The fraction of sp³-hybridized carbons (Fsp3) is 0.400.